The first kappa shape index (κ1) is 44.1. The van der Waals surface area contributed by atoms with Gasteiger partial charge in [-0.25, -0.2) is 4.79 Å². The highest BCUT2D eigenvalue weighted by Crippen LogP contribution is 2.40. The van der Waals surface area contributed by atoms with E-state index < -0.39 is 78.2 Å². The van der Waals surface area contributed by atoms with E-state index in [0.29, 0.717) is 6.29 Å². The molecule has 0 fully saturated rings. The zero-order valence-electron chi connectivity index (χ0n) is 31.9. The number of rotatable bonds is 21. The van der Waals surface area contributed by atoms with Gasteiger partial charge in [0.25, 0.3) is 0 Å². The number of hydrogen-bond acceptors (Lipinski definition) is 15. The molecule has 304 valence electrons. The van der Waals surface area contributed by atoms with Crippen LogP contribution in [-0.2, 0) is 101 Å². The molecule has 56 heavy (non-hydrogen) atoms. The van der Waals surface area contributed by atoms with E-state index in [9.17, 15) is 48.3 Å². The average molecular weight is 788 g/mol. The van der Waals surface area contributed by atoms with E-state index >= 15 is 0 Å². The first-order valence-electron chi connectivity index (χ1n) is 17.2. The number of ether oxygens (including phenoxy) is 6. The minimum absolute atomic E-state index is 0.00106. The highest BCUT2D eigenvalue weighted by Gasteiger charge is 2.47. The molecule has 1 aliphatic heterocycles. The van der Waals surface area contributed by atoms with Gasteiger partial charge in [-0.2, -0.15) is 0 Å². The Morgan fingerprint density at radius 1 is 0.589 bits per heavy atom. The number of aromatic carboxylic acids is 1. The summed E-state index contributed by atoms with van der Waals surface area (Å²) in [5, 5.41) is 13.2. The van der Waals surface area contributed by atoms with Crippen molar-refractivity contribution in [1.82, 2.24) is 15.3 Å². The zero-order valence-corrected chi connectivity index (χ0v) is 31.9. The van der Waals surface area contributed by atoms with Crippen LogP contribution >= 0.6 is 0 Å². The van der Waals surface area contributed by atoms with Gasteiger partial charge in [-0.1, -0.05) is 0 Å². The highest BCUT2D eigenvalue weighted by atomic mass is 16.5. The van der Waals surface area contributed by atoms with Gasteiger partial charge in [0.05, 0.1) is 73.2 Å². The summed E-state index contributed by atoms with van der Waals surface area (Å²) in [6.45, 7) is 0. The van der Waals surface area contributed by atoms with Gasteiger partial charge < -0.3 is 48.8 Å². The molecule has 19 heteroatoms. The Morgan fingerprint density at radius 3 is 1.52 bits per heavy atom. The number of methoxy groups -OCH3 is 6. The number of carbonyl (C=O) groups excluding carboxylic acids is 8. The summed E-state index contributed by atoms with van der Waals surface area (Å²) in [7, 11) is 6.90. The van der Waals surface area contributed by atoms with Crippen LogP contribution in [0.1, 0.15) is 86.7 Å². The maximum atomic E-state index is 14.0. The van der Waals surface area contributed by atoms with Crippen LogP contribution in [0.25, 0.3) is 0 Å². The molecule has 2 aromatic rings. The molecule has 0 aliphatic carbocycles. The molecule has 1 amide bonds. The predicted molar refractivity (Wildman–Crippen MR) is 189 cm³/mol. The highest BCUT2D eigenvalue weighted by molar-refractivity contribution is 6.00. The first-order valence-corrected chi connectivity index (χ1v) is 17.2. The topological polar surface area (TPSA) is 273 Å². The van der Waals surface area contributed by atoms with Gasteiger partial charge >= 0.3 is 41.8 Å². The van der Waals surface area contributed by atoms with Crippen molar-refractivity contribution >= 4 is 54.0 Å². The Morgan fingerprint density at radius 2 is 1.04 bits per heavy atom. The van der Waals surface area contributed by atoms with Crippen molar-refractivity contribution in [2.45, 2.75) is 76.2 Å². The van der Waals surface area contributed by atoms with E-state index in [1.165, 1.54) is 7.11 Å². The van der Waals surface area contributed by atoms with Gasteiger partial charge in [0, 0.05) is 49.1 Å². The molecule has 0 saturated carbocycles. The molecule has 0 aromatic carbocycles. The molecule has 3 heterocycles. The van der Waals surface area contributed by atoms with E-state index in [1.807, 2.05) is 0 Å². The fourth-order valence-electron chi connectivity index (χ4n) is 6.81. The molecule has 1 unspecified atom stereocenters. The summed E-state index contributed by atoms with van der Waals surface area (Å²) >= 11 is 0. The lowest BCUT2D eigenvalue weighted by atomic mass is 9.77. The van der Waals surface area contributed by atoms with Crippen molar-refractivity contribution < 1.29 is 76.7 Å². The number of hydrogen-bond donors (Lipinski definition) is 4. The molecular formula is C37H45N3O16. The van der Waals surface area contributed by atoms with E-state index in [4.69, 9.17) is 28.4 Å². The normalized spacial score (nSPS) is 14.8. The van der Waals surface area contributed by atoms with Gasteiger partial charge in [-0.05, 0) is 47.1 Å². The molecule has 19 nitrogen and oxygen atoms in total. The summed E-state index contributed by atoms with van der Waals surface area (Å²) in [4.78, 5) is 120. The quantitative estimate of drug-likeness (QED) is 0.0779. The van der Waals surface area contributed by atoms with E-state index in [0.717, 1.165) is 35.5 Å². The Labute approximate surface area is 320 Å². The van der Waals surface area contributed by atoms with Crippen LogP contribution < -0.4 is 5.32 Å². The number of aromatic amines is 2. The number of carboxylic acids is 1. The fraction of sp³-hybridized carbons (Fsp3) is 0.486. The van der Waals surface area contributed by atoms with Crippen molar-refractivity contribution in [1.29, 1.82) is 0 Å². The lowest BCUT2D eigenvalue weighted by Gasteiger charge is -2.33. The lowest BCUT2D eigenvalue weighted by Crippen LogP contribution is -2.49. The maximum Gasteiger partial charge on any atom is 0.352 e. The molecule has 0 spiro atoms. The fourth-order valence-corrected chi connectivity index (χ4v) is 6.81. The average Bonchev–Trinajstić information content (AvgIpc) is 3.78. The summed E-state index contributed by atoms with van der Waals surface area (Å²) in [5.41, 5.74) is -0.932. The Hall–Kier alpha value is -6.27. The maximum absolute atomic E-state index is 14.0. The number of aldehydes is 1. The monoisotopic (exact) mass is 787 g/mol. The number of carboxylic acid groups (broad SMARTS) is 1. The third-order valence-electron chi connectivity index (χ3n) is 9.57. The van der Waals surface area contributed by atoms with Crippen molar-refractivity contribution in [3.05, 3.63) is 56.2 Å². The summed E-state index contributed by atoms with van der Waals surface area (Å²) in [6, 6.07) is 0. The van der Waals surface area contributed by atoms with Crippen LogP contribution in [0.4, 0.5) is 0 Å². The molecular weight excluding hydrogens is 742 g/mol. The second-order valence-electron chi connectivity index (χ2n) is 12.7. The molecule has 1 aliphatic rings. The number of esters is 6. The smallest absolute Gasteiger partial charge is 0.352 e. The first-order chi connectivity index (χ1) is 26.6. The zero-order chi connectivity index (χ0) is 41.7. The largest absolute Gasteiger partial charge is 0.477 e. The second-order valence-corrected chi connectivity index (χ2v) is 12.7. The van der Waals surface area contributed by atoms with Crippen molar-refractivity contribution in [3.8, 4) is 0 Å². The molecule has 3 rings (SSSR count). The lowest BCUT2D eigenvalue weighted by molar-refractivity contribution is -0.141. The third kappa shape index (κ3) is 10.5. The van der Waals surface area contributed by atoms with Gasteiger partial charge in [0.2, 0.25) is 5.91 Å². The Kier molecular flexibility index (Phi) is 15.7. The number of H-pyrrole nitrogens is 2. The molecule has 0 saturated heterocycles. The molecule has 0 bridgehead atoms. The van der Waals surface area contributed by atoms with Crippen LogP contribution in [-0.4, -0.2) is 117 Å². The minimum Gasteiger partial charge on any atom is -0.477 e. The molecule has 4 N–H and O–H groups in total. The SMILES string of the molecule is COC(=O)CCC1=C(CC(=O)OC)C(Cc2[nH]c(C=O)c(CCC(=O)OC)c2CC(=O)OC)(Cc2[nH]c(C(=O)O)c(CC(=O)OC)c2CCC(=O)OC)NC1=O. The van der Waals surface area contributed by atoms with Crippen molar-refractivity contribution in [3.63, 3.8) is 0 Å². The van der Waals surface area contributed by atoms with E-state index in [1.54, 1.807) is 0 Å². The molecule has 1 atom stereocenters. The van der Waals surface area contributed by atoms with Crippen LogP contribution in [0.5, 0.6) is 0 Å². The Bertz CT molecular complexity index is 1920. The van der Waals surface area contributed by atoms with E-state index in [-0.39, 0.29) is 102 Å². The van der Waals surface area contributed by atoms with E-state index in [2.05, 4.69) is 15.3 Å². The number of aromatic nitrogens is 2. The summed E-state index contributed by atoms with van der Waals surface area (Å²) < 4.78 is 29.1. The number of amides is 1. The van der Waals surface area contributed by atoms with Crippen molar-refractivity contribution in [2.75, 3.05) is 42.7 Å². The minimum atomic E-state index is -1.71. The Balaban J connectivity index is 2.45. The standard InChI is InChI=1S/C37H45N3O16/c1-51-28(42)10-7-19-22(13-31(45)54-4)26(38-27(19)18-41)17-37(24(15-33(47)56-6)21(35(48)40-37)9-12-30(44)53-3)16-25-20(8-11-29(43)52-2)23(14-32(46)55-5)34(39-25)36(49)50/h18,38-39H,7-17H2,1-6H3,(H,40,48)(H,49,50). The summed E-state index contributed by atoms with van der Waals surface area (Å²) in [6.07, 6.45) is -2.71. The van der Waals surface area contributed by atoms with Crippen LogP contribution in [0.15, 0.2) is 11.1 Å². The summed E-state index contributed by atoms with van der Waals surface area (Å²) in [5.74, 6) is -6.39. The van der Waals surface area contributed by atoms with Gasteiger partial charge in [0.15, 0.2) is 6.29 Å². The van der Waals surface area contributed by atoms with Gasteiger partial charge in [0.1, 0.15) is 5.69 Å². The van der Waals surface area contributed by atoms with Crippen LogP contribution in [0.3, 0.4) is 0 Å². The molecule has 0 radical (unpaired) electrons. The van der Waals surface area contributed by atoms with Crippen LogP contribution in [0, 0.1) is 0 Å². The predicted octanol–water partition coefficient (Wildman–Crippen LogP) is 0.962. The molecule has 2 aromatic heterocycles. The number of nitrogens with one attached hydrogen (secondary N) is 3. The van der Waals surface area contributed by atoms with Crippen LogP contribution in [0.2, 0.25) is 0 Å². The number of carbonyl (C=O) groups is 9. The second kappa shape index (κ2) is 19.9. The van der Waals surface area contributed by atoms with Gasteiger partial charge in [-0.15, -0.1) is 0 Å². The van der Waals surface area contributed by atoms with Crippen molar-refractivity contribution in [2.24, 2.45) is 0 Å². The van der Waals surface area contributed by atoms with Gasteiger partial charge in [-0.3, -0.25) is 38.4 Å². The third-order valence-corrected chi connectivity index (χ3v) is 9.57.